The summed E-state index contributed by atoms with van der Waals surface area (Å²) in [7, 11) is 3.78. The number of amides is 1. The zero-order valence-corrected chi connectivity index (χ0v) is 12.2. The van der Waals surface area contributed by atoms with E-state index < -0.39 is 0 Å². The van der Waals surface area contributed by atoms with Crippen molar-refractivity contribution in [2.75, 3.05) is 5.75 Å². The van der Waals surface area contributed by atoms with Crippen LogP contribution in [0.3, 0.4) is 0 Å². The van der Waals surface area contributed by atoms with Crippen molar-refractivity contribution in [3.63, 3.8) is 0 Å². The van der Waals surface area contributed by atoms with Crippen LogP contribution in [0.15, 0.2) is 5.10 Å². The predicted octanol–water partition coefficient (Wildman–Crippen LogP) is 3.46. The fraction of sp³-hybridized carbons (Fsp3) is 0.818. The van der Waals surface area contributed by atoms with Gasteiger partial charge < -0.3 is 0 Å². The molecule has 0 aliphatic heterocycles. The first-order valence-corrected chi connectivity index (χ1v) is 7.91. The van der Waals surface area contributed by atoms with Gasteiger partial charge in [-0.15, -0.1) is 0 Å². The molecular weight excluding hydrogens is 240 g/mol. The molecule has 3 nitrogen and oxygen atoms in total. The highest BCUT2D eigenvalue weighted by Gasteiger charge is 2.18. The molecule has 0 heterocycles. The van der Waals surface area contributed by atoms with Gasteiger partial charge in [-0.3, -0.25) is 4.79 Å². The lowest BCUT2D eigenvalue weighted by molar-refractivity contribution is -0.121. The first-order valence-electron chi connectivity index (χ1n) is 5.59. The van der Waals surface area contributed by atoms with E-state index in [2.05, 4.69) is 31.3 Å². The van der Waals surface area contributed by atoms with Gasteiger partial charge in [0.15, 0.2) is 0 Å². The second kappa shape index (κ2) is 8.93. The van der Waals surface area contributed by atoms with Crippen molar-refractivity contribution in [2.24, 2.45) is 5.10 Å². The van der Waals surface area contributed by atoms with E-state index in [0.29, 0.717) is 6.42 Å². The van der Waals surface area contributed by atoms with Crippen molar-refractivity contribution in [3.8, 4) is 0 Å². The molecule has 0 aliphatic rings. The third-order valence-electron chi connectivity index (χ3n) is 1.90. The Balaban J connectivity index is 3.67. The van der Waals surface area contributed by atoms with E-state index in [1.54, 1.807) is 13.1 Å². The molecule has 0 aromatic heterocycles. The highest BCUT2D eigenvalue weighted by Crippen LogP contribution is 2.38. The van der Waals surface area contributed by atoms with Crippen molar-refractivity contribution < 1.29 is 4.79 Å². The van der Waals surface area contributed by atoms with Crippen LogP contribution in [-0.2, 0) is 4.79 Å². The standard InChI is InChI=1S/C11H22N2OS2/c1-5-12-13-10(14)8-7-9-11(3,4)16-15-6-2/h5H,6-9H2,1-4H3,(H,13,14)/b12-5-. The van der Waals surface area contributed by atoms with Gasteiger partial charge in [0, 0.05) is 23.1 Å². The number of nitrogens with zero attached hydrogens (tertiary/aromatic N) is 1. The van der Waals surface area contributed by atoms with E-state index in [1.165, 1.54) is 0 Å². The zero-order valence-electron chi connectivity index (χ0n) is 10.6. The molecule has 0 saturated carbocycles. The number of hydrogen-bond donors (Lipinski definition) is 1. The summed E-state index contributed by atoms with van der Waals surface area (Å²) in [5.41, 5.74) is 2.48. The molecule has 0 rings (SSSR count). The molecule has 94 valence electrons. The van der Waals surface area contributed by atoms with Gasteiger partial charge in [0.1, 0.15) is 0 Å². The van der Waals surface area contributed by atoms with Crippen LogP contribution in [-0.4, -0.2) is 22.6 Å². The number of nitrogens with one attached hydrogen (secondary N) is 1. The van der Waals surface area contributed by atoms with Crippen LogP contribution in [0.2, 0.25) is 0 Å². The number of carbonyl (C=O) groups is 1. The maximum atomic E-state index is 11.3. The Kier molecular flexibility index (Phi) is 8.84. The largest absolute Gasteiger partial charge is 0.273 e. The summed E-state index contributed by atoms with van der Waals surface area (Å²) in [5, 5.41) is 3.70. The van der Waals surface area contributed by atoms with Crippen LogP contribution in [0.5, 0.6) is 0 Å². The zero-order chi connectivity index (χ0) is 12.4. The Bertz CT molecular complexity index is 230. The summed E-state index contributed by atoms with van der Waals surface area (Å²) < 4.78 is 0.245. The van der Waals surface area contributed by atoms with Gasteiger partial charge in [-0.1, -0.05) is 28.5 Å². The molecule has 0 spiro atoms. The molecule has 0 aromatic carbocycles. The second-order valence-electron chi connectivity index (χ2n) is 4.03. The van der Waals surface area contributed by atoms with E-state index >= 15 is 0 Å². The summed E-state index contributed by atoms with van der Waals surface area (Å²) in [6.07, 6.45) is 4.09. The average molecular weight is 262 g/mol. The minimum atomic E-state index is 0.00189. The highest BCUT2D eigenvalue weighted by molar-refractivity contribution is 8.77. The molecular formula is C11H22N2OS2. The van der Waals surface area contributed by atoms with Crippen LogP contribution in [0.25, 0.3) is 0 Å². The predicted molar refractivity (Wildman–Crippen MR) is 76.0 cm³/mol. The Morgan fingerprint density at radius 2 is 2.19 bits per heavy atom. The summed E-state index contributed by atoms with van der Waals surface area (Å²) in [5.74, 6) is 1.13. The Morgan fingerprint density at radius 1 is 1.50 bits per heavy atom. The van der Waals surface area contributed by atoms with Crippen molar-refractivity contribution in [2.45, 2.75) is 51.7 Å². The monoisotopic (exact) mass is 262 g/mol. The molecule has 1 amide bonds. The van der Waals surface area contributed by atoms with Crippen molar-refractivity contribution in [1.29, 1.82) is 0 Å². The van der Waals surface area contributed by atoms with Gasteiger partial charge in [-0.05, 0) is 33.6 Å². The van der Waals surface area contributed by atoms with E-state index in [4.69, 9.17) is 0 Å². The topological polar surface area (TPSA) is 41.5 Å². The van der Waals surface area contributed by atoms with Gasteiger partial charge in [-0.25, -0.2) is 5.43 Å². The van der Waals surface area contributed by atoms with Gasteiger partial charge >= 0.3 is 0 Å². The molecule has 0 atom stereocenters. The van der Waals surface area contributed by atoms with Gasteiger partial charge in [-0.2, -0.15) is 5.10 Å². The van der Waals surface area contributed by atoms with Crippen LogP contribution in [0, 0.1) is 0 Å². The fourth-order valence-electron chi connectivity index (χ4n) is 1.13. The van der Waals surface area contributed by atoms with Gasteiger partial charge in [0.2, 0.25) is 5.91 Å². The average Bonchev–Trinajstić information content (AvgIpc) is 2.23. The summed E-state index contributed by atoms with van der Waals surface area (Å²) in [6.45, 7) is 8.39. The summed E-state index contributed by atoms with van der Waals surface area (Å²) in [4.78, 5) is 11.3. The smallest absolute Gasteiger partial charge is 0.240 e. The van der Waals surface area contributed by atoms with E-state index in [0.717, 1.165) is 18.6 Å². The fourth-order valence-corrected chi connectivity index (χ4v) is 3.35. The van der Waals surface area contributed by atoms with E-state index in [1.807, 2.05) is 21.6 Å². The normalized spacial score (nSPS) is 12.0. The van der Waals surface area contributed by atoms with E-state index in [-0.39, 0.29) is 10.7 Å². The Morgan fingerprint density at radius 3 is 2.75 bits per heavy atom. The lowest BCUT2D eigenvalue weighted by Crippen LogP contribution is -2.19. The highest BCUT2D eigenvalue weighted by atomic mass is 33.1. The van der Waals surface area contributed by atoms with Crippen LogP contribution in [0.4, 0.5) is 0 Å². The molecule has 0 aromatic rings. The summed E-state index contributed by atoms with van der Waals surface area (Å²) in [6, 6.07) is 0. The Labute approximate surface area is 107 Å². The molecule has 0 aliphatic carbocycles. The number of hydrogen-bond acceptors (Lipinski definition) is 4. The number of rotatable bonds is 8. The number of carbonyl (C=O) groups excluding carboxylic acids is 1. The molecule has 0 bridgehead atoms. The third-order valence-corrected chi connectivity index (χ3v) is 5.33. The minimum absolute atomic E-state index is 0.00189. The number of hydrazone groups is 1. The SMILES string of the molecule is C/C=N\NC(=O)CCCC(C)(C)SSCC. The quantitative estimate of drug-likeness (QED) is 0.414. The van der Waals surface area contributed by atoms with E-state index in [9.17, 15) is 4.79 Å². The molecule has 0 radical (unpaired) electrons. The van der Waals surface area contributed by atoms with Crippen molar-refractivity contribution in [3.05, 3.63) is 0 Å². The molecule has 5 heteroatoms. The lowest BCUT2D eigenvalue weighted by Gasteiger charge is -2.22. The molecule has 0 fully saturated rings. The van der Waals surface area contributed by atoms with Gasteiger partial charge in [0.25, 0.3) is 0 Å². The molecule has 0 saturated heterocycles. The Hall–Kier alpha value is -0.160. The third kappa shape index (κ3) is 9.09. The van der Waals surface area contributed by atoms with Gasteiger partial charge in [0.05, 0.1) is 0 Å². The maximum Gasteiger partial charge on any atom is 0.240 e. The first-order chi connectivity index (χ1) is 7.52. The first kappa shape index (κ1) is 15.8. The molecule has 0 unspecified atom stereocenters. The van der Waals surface area contributed by atoms with Crippen molar-refractivity contribution >= 4 is 33.7 Å². The second-order valence-corrected chi connectivity index (χ2v) is 7.32. The van der Waals surface area contributed by atoms with Crippen LogP contribution >= 0.6 is 21.6 Å². The minimum Gasteiger partial charge on any atom is -0.273 e. The van der Waals surface area contributed by atoms with Crippen LogP contribution in [0.1, 0.15) is 47.0 Å². The molecule has 16 heavy (non-hydrogen) atoms. The lowest BCUT2D eigenvalue weighted by atomic mass is 10.1. The molecule has 1 N–H and O–H groups in total. The van der Waals surface area contributed by atoms with Crippen LogP contribution < -0.4 is 5.43 Å². The summed E-state index contributed by atoms with van der Waals surface area (Å²) >= 11 is 0. The maximum absolute atomic E-state index is 11.3. The van der Waals surface area contributed by atoms with Crippen molar-refractivity contribution in [1.82, 2.24) is 5.43 Å².